The Labute approximate surface area is 147 Å². The molecule has 0 aromatic carbocycles. The molecule has 0 heterocycles. The first-order valence-electron chi connectivity index (χ1n) is 7.77. The number of nitrogens with two attached hydrogens (primary N) is 1. The van der Waals surface area contributed by atoms with Crippen LogP contribution >= 0.6 is 12.6 Å². The Morgan fingerprint density at radius 2 is 1.67 bits per heavy atom. The van der Waals surface area contributed by atoms with Gasteiger partial charge in [-0.3, -0.25) is 19.2 Å². The van der Waals surface area contributed by atoms with Crippen molar-refractivity contribution in [2.24, 2.45) is 11.7 Å². The quantitative estimate of drug-likeness (QED) is 0.321. The van der Waals surface area contributed by atoms with Crippen LogP contribution in [-0.2, 0) is 19.2 Å². The molecular weight excluding hydrogens is 334 g/mol. The van der Waals surface area contributed by atoms with Crippen LogP contribution in [0.1, 0.15) is 40.0 Å². The van der Waals surface area contributed by atoms with Crippen LogP contribution in [0.25, 0.3) is 0 Å². The number of nitrogens with one attached hydrogen (secondary N) is 2. The second-order valence-electron chi connectivity index (χ2n) is 6.17. The molecule has 0 bridgehead atoms. The van der Waals surface area contributed by atoms with Crippen LogP contribution in [-0.4, -0.2) is 52.6 Å². The number of rotatable bonds is 11. The number of carbonyl (C=O) groups excluding carboxylic acids is 3. The molecule has 0 aromatic rings. The summed E-state index contributed by atoms with van der Waals surface area (Å²) in [6, 6.07) is -2.38. The number of ketones is 1. The fourth-order valence-electron chi connectivity index (χ4n) is 2.12. The van der Waals surface area contributed by atoms with E-state index in [0.717, 1.165) is 0 Å². The maximum Gasteiger partial charge on any atom is 0.305 e. The van der Waals surface area contributed by atoms with E-state index in [9.17, 15) is 19.2 Å². The van der Waals surface area contributed by atoms with Crippen molar-refractivity contribution in [1.82, 2.24) is 10.6 Å². The Balaban J connectivity index is 4.54. The SMILES string of the molecule is CC(C)C[C@H](N)CC(=O)N[C@@H](C)C(=O)N[C@@H](CC(=O)O)C(=O)CS. The number of aliphatic carboxylic acids is 1. The van der Waals surface area contributed by atoms with Gasteiger partial charge in [0.25, 0.3) is 0 Å². The van der Waals surface area contributed by atoms with Gasteiger partial charge in [0.1, 0.15) is 6.04 Å². The van der Waals surface area contributed by atoms with Crippen molar-refractivity contribution in [1.29, 1.82) is 0 Å². The van der Waals surface area contributed by atoms with Gasteiger partial charge in [0.15, 0.2) is 5.78 Å². The van der Waals surface area contributed by atoms with E-state index in [0.29, 0.717) is 12.3 Å². The lowest BCUT2D eigenvalue weighted by atomic mass is 10.0. The zero-order valence-electron chi connectivity index (χ0n) is 14.2. The van der Waals surface area contributed by atoms with Gasteiger partial charge in [-0.1, -0.05) is 13.8 Å². The molecule has 0 unspecified atom stereocenters. The molecule has 138 valence electrons. The number of hydrogen-bond acceptors (Lipinski definition) is 6. The molecule has 0 spiro atoms. The summed E-state index contributed by atoms with van der Waals surface area (Å²) in [6.45, 7) is 5.44. The Hall–Kier alpha value is -1.61. The summed E-state index contributed by atoms with van der Waals surface area (Å²) in [5.41, 5.74) is 5.84. The van der Waals surface area contributed by atoms with Gasteiger partial charge in [-0.25, -0.2) is 0 Å². The Kier molecular flexibility index (Phi) is 10.3. The first-order chi connectivity index (χ1) is 11.1. The summed E-state index contributed by atoms with van der Waals surface area (Å²) in [4.78, 5) is 46.3. The minimum absolute atomic E-state index is 0.0872. The average Bonchev–Trinajstić information content (AvgIpc) is 2.43. The highest BCUT2D eigenvalue weighted by molar-refractivity contribution is 7.81. The molecule has 0 saturated carbocycles. The van der Waals surface area contributed by atoms with Crippen LogP contribution < -0.4 is 16.4 Å². The van der Waals surface area contributed by atoms with Crippen LogP contribution in [0.15, 0.2) is 0 Å². The van der Waals surface area contributed by atoms with Crippen molar-refractivity contribution in [3.05, 3.63) is 0 Å². The number of hydrogen-bond donors (Lipinski definition) is 5. The molecule has 24 heavy (non-hydrogen) atoms. The normalized spacial score (nSPS) is 14.6. The molecule has 0 aromatic heterocycles. The van der Waals surface area contributed by atoms with Gasteiger partial charge in [0.05, 0.1) is 18.2 Å². The summed E-state index contributed by atoms with van der Waals surface area (Å²) in [5, 5.41) is 13.6. The lowest BCUT2D eigenvalue weighted by molar-refractivity contribution is -0.140. The summed E-state index contributed by atoms with van der Waals surface area (Å²) in [7, 11) is 0. The lowest BCUT2D eigenvalue weighted by Gasteiger charge is -2.20. The fourth-order valence-corrected chi connectivity index (χ4v) is 2.34. The van der Waals surface area contributed by atoms with E-state index in [1.54, 1.807) is 0 Å². The average molecular weight is 361 g/mol. The van der Waals surface area contributed by atoms with Crippen LogP contribution in [0.4, 0.5) is 0 Å². The molecular formula is C15H27N3O5S. The Morgan fingerprint density at radius 1 is 1.08 bits per heavy atom. The largest absolute Gasteiger partial charge is 0.481 e. The standard InChI is InChI=1S/C15H27N3O5S/c1-8(2)4-10(16)5-13(20)17-9(3)15(23)18-11(6-14(21)22)12(19)7-24/h8-11,24H,4-7,16H2,1-3H3,(H,17,20)(H,18,23)(H,21,22)/t9-,10-,11-/m0/s1. The molecule has 9 heteroatoms. The van der Waals surface area contributed by atoms with Crippen LogP contribution in [0.3, 0.4) is 0 Å². The molecule has 5 N–H and O–H groups in total. The van der Waals surface area contributed by atoms with Gasteiger partial charge in [-0.2, -0.15) is 12.6 Å². The van der Waals surface area contributed by atoms with Gasteiger partial charge in [0.2, 0.25) is 11.8 Å². The van der Waals surface area contributed by atoms with Crippen molar-refractivity contribution in [2.45, 2.75) is 58.2 Å². The topological polar surface area (TPSA) is 139 Å². The highest BCUT2D eigenvalue weighted by Gasteiger charge is 2.25. The number of thiol groups is 1. The van der Waals surface area contributed by atoms with E-state index in [4.69, 9.17) is 10.8 Å². The third-order valence-electron chi connectivity index (χ3n) is 3.23. The van der Waals surface area contributed by atoms with Gasteiger partial charge < -0.3 is 21.5 Å². The molecule has 0 aliphatic heterocycles. The molecule has 0 aliphatic rings. The fraction of sp³-hybridized carbons (Fsp3) is 0.733. The third kappa shape index (κ3) is 9.51. The third-order valence-corrected chi connectivity index (χ3v) is 3.54. The van der Waals surface area contributed by atoms with Gasteiger partial charge in [0, 0.05) is 12.5 Å². The molecule has 0 rings (SSSR count). The van der Waals surface area contributed by atoms with Crippen LogP contribution in [0.2, 0.25) is 0 Å². The van der Waals surface area contributed by atoms with Crippen molar-refractivity contribution in [3.8, 4) is 0 Å². The summed E-state index contributed by atoms with van der Waals surface area (Å²) in [5.74, 6) is -2.57. The van der Waals surface area contributed by atoms with E-state index in [1.165, 1.54) is 6.92 Å². The number of carbonyl (C=O) groups is 4. The van der Waals surface area contributed by atoms with Crippen molar-refractivity contribution >= 4 is 36.2 Å². The van der Waals surface area contributed by atoms with Crippen molar-refractivity contribution < 1.29 is 24.3 Å². The van der Waals surface area contributed by atoms with Crippen LogP contribution in [0, 0.1) is 5.92 Å². The molecule has 3 atom stereocenters. The zero-order valence-corrected chi connectivity index (χ0v) is 15.1. The first-order valence-corrected chi connectivity index (χ1v) is 8.40. The van der Waals surface area contributed by atoms with Gasteiger partial charge in [-0.05, 0) is 19.3 Å². The van der Waals surface area contributed by atoms with E-state index >= 15 is 0 Å². The molecule has 2 amide bonds. The van der Waals surface area contributed by atoms with E-state index < -0.39 is 36.2 Å². The predicted octanol–water partition coefficient (Wildman–Crippen LogP) is -0.287. The van der Waals surface area contributed by atoms with E-state index in [2.05, 4.69) is 23.3 Å². The maximum absolute atomic E-state index is 12.0. The predicted molar refractivity (Wildman–Crippen MR) is 92.7 cm³/mol. The van der Waals surface area contributed by atoms with Crippen LogP contribution in [0.5, 0.6) is 0 Å². The zero-order chi connectivity index (χ0) is 18.9. The number of carboxylic acid groups (broad SMARTS) is 1. The van der Waals surface area contributed by atoms with Gasteiger partial charge >= 0.3 is 5.97 Å². The first kappa shape index (κ1) is 22.4. The smallest absolute Gasteiger partial charge is 0.305 e. The molecule has 0 radical (unpaired) electrons. The molecule has 0 saturated heterocycles. The highest BCUT2D eigenvalue weighted by Crippen LogP contribution is 2.05. The molecule has 0 fully saturated rings. The van der Waals surface area contributed by atoms with Gasteiger partial charge in [-0.15, -0.1) is 0 Å². The lowest BCUT2D eigenvalue weighted by Crippen LogP contribution is -2.51. The summed E-state index contributed by atoms with van der Waals surface area (Å²) < 4.78 is 0. The van der Waals surface area contributed by atoms with Crippen molar-refractivity contribution in [2.75, 3.05) is 5.75 Å². The number of Topliss-reactive ketones (excluding diaryl/α,β-unsaturated/α-hetero) is 1. The minimum atomic E-state index is -1.22. The van der Waals surface area contributed by atoms with E-state index in [1.807, 2.05) is 13.8 Å². The van der Waals surface area contributed by atoms with Crippen molar-refractivity contribution in [3.63, 3.8) is 0 Å². The highest BCUT2D eigenvalue weighted by atomic mass is 32.1. The minimum Gasteiger partial charge on any atom is -0.481 e. The maximum atomic E-state index is 12.0. The molecule has 8 nitrogen and oxygen atoms in total. The monoisotopic (exact) mass is 361 g/mol. The summed E-state index contributed by atoms with van der Waals surface area (Å²) >= 11 is 3.79. The second-order valence-corrected chi connectivity index (χ2v) is 6.48. The Morgan fingerprint density at radius 3 is 2.12 bits per heavy atom. The Bertz CT molecular complexity index is 470. The number of amides is 2. The second kappa shape index (κ2) is 11.0. The number of carboxylic acids is 1. The van der Waals surface area contributed by atoms with E-state index in [-0.39, 0.29) is 24.1 Å². The molecule has 0 aliphatic carbocycles. The summed E-state index contributed by atoms with van der Waals surface area (Å²) in [6.07, 6.45) is 0.236.